The maximum atomic E-state index is 12.5. The molecule has 9 nitrogen and oxygen atoms in total. The zero-order valence-electron chi connectivity index (χ0n) is 15.0. The van der Waals surface area contributed by atoms with E-state index < -0.39 is 24.0 Å². The number of amides is 3. The number of carbonyl (C=O) groups excluding carboxylic acids is 3. The fourth-order valence-corrected chi connectivity index (χ4v) is 2.47. The van der Waals surface area contributed by atoms with Crippen LogP contribution in [0.25, 0.3) is 0 Å². The number of carbonyl (C=O) groups is 3. The minimum atomic E-state index is -0.675. The number of hydrogen-bond acceptors (Lipinski definition) is 6. The van der Waals surface area contributed by atoms with Crippen molar-refractivity contribution in [2.75, 3.05) is 13.2 Å². The highest BCUT2D eigenvalue weighted by molar-refractivity contribution is 5.95. The lowest BCUT2D eigenvalue weighted by Crippen LogP contribution is -2.59. The van der Waals surface area contributed by atoms with Crippen molar-refractivity contribution in [3.8, 4) is 5.75 Å². The van der Waals surface area contributed by atoms with Crippen LogP contribution in [0, 0.1) is 5.92 Å². The molecule has 0 bridgehead atoms. The Morgan fingerprint density at radius 3 is 2.38 bits per heavy atom. The predicted molar refractivity (Wildman–Crippen MR) is 92.3 cm³/mol. The Balaban J connectivity index is 1.93. The van der Waals surface area contributed by atoms with Crippen LogP contribution in [0.2, 0.25) is 0 Å². The maximum Gasteiger partial charge on any atom is 0.274 e. The van der Waals surface area contributed by atoms with Crippen LogP contribution >= 0.6 is 0 Å². The van der Waals surface area contributed by atoms with Gasteiger partial charge in [0.1, 0.15) is 11.8 Å². The van der Waals surface area contributed by atoms with Crippen LogP contribution in [0.15, 0.2) is 18.3 Å². The second-order valence-corrected chi connectivity index (χ2v) is 6.41. The highest BCUT2D eigenvalue weighted by atomic mass is 16.5. The van der Waals surface area contributed by atoms with E-state index in [0.717, 1.165) is 0 Å². The highest BCUT2D eigenvalue weighted by Crippen LogP contribution is 2.16. The molecular weight excluding hydrogens is 340 g/mol. The van der Waals surface area contributed by atoms with Gasteiger partial charge < -0.3 is 25.8 Å². The molecular formula is C17H24N4O5. The van der Waals surface area contributed by atoms with Gasteiger partial charge in [-0.1, -0.05) is 0 Å². The lowest BCUT2D eigenvalue weighted by Gasteiger charge is -2.34. The van der Waals surface area contributed by atoms with E-state index in [0.29, 0.717) is 13.2 Å². The Labute approximate surface area is 151 Å². The third kappa shape index (κ3) is 4.92. The Morgan fingerprint density at radius 2 is 1.85 bits per heavy atom. The van der Waals surface area contributed by atoms with E-state index in [1.54, 1.807) is 13.8 Å². The first-order valence-electron chi connectivity index (χ1n) is 8.39. The van der Waals surface area contributed by atoms with Gasteiger partial charge in [0.25, 0.3) is 5.91 Å². The Hall–Kier alpha value is -2.68. The minimum absolute atomic E-state index is 0.0681. The molecule has 0 aliphatic carbocycles. The molecule has 9 heteroatoms. The van der Waals surface area contributed by atoms with Crippen molar-refractivity contribution < 1.29 is 24.2 Å². The Kier molecular flexibility index (Phi) is 6.51. The number of rotatable bonds is 7. The van der Waals surface area contributed by atoms with E-state index in [4.69, 9.17) is 4.74 Å². The van der Waals surface area contributed by atoms with Gasteiger partial charge in [0, 0.05) is 31.1 Å². The summed E-state index contributed by atoms with van der Waals surface area (Å²) in [6, 6.07) is 1.38. The summed E-state index contributed by atoms with van der Waals surface area (Å²) < 4.78 is 5.09. The summed E-state index contributed by atoms with van der Waals surface area (Å²) >= 11 is 0. The SMILES string of the molecule is CC(=O)NC(C(=O)NC(C)C(C)NC(=O)c1ncccc1O)C1COC1. The molecule has 0 radical (unpaired) electrons. The number of nitrogens with zero attached hydrogens (tertiary/aromatic N) is 1. The number of aromatic nitrogens is 1. The van der Waals surface area contributed by atoms with Crippen molar-refractivity contribution in [2.24, 2.45) is 5.92 Å². The van der Waals surface area contributed by atoms with Crippen molar-refractivity contribution in [1.29, 1.82) is 0 Å². The summed E-state index contributed by atoms with van der Waals surface area (Å²) in [7, 11) is 0. The first-order chi connectivity index (χ1) is 12.3. The summed E-state index contributed by atoms with van der Waals surface area (Å²) in [5.74, 6) is -1.45. The van der Waals surface area contributed by atoms with Crippen molar-refractivity contribution in [3.63, 3.8) is 0 Å². The average molecular weight is 364 g/mol. The fourth-order valence-electron chi connectivity index (χ4n) is 2.47. The molecule has 1 aliphatic rings. The Bertz CT molecular complexity index is 677. The molecule has 1 aromatic rings. The molecule has 1 saturated heterocycles. The molecule has 1 fully saturated rings. The van der Waals surface area contributed by atoms with Crippen LogP contribution in [0.1, 0.15) is 31.3 Å². The molecule has 2 heterocycles. The van der Waals surface area contributed by atoms with Crippen molar-refractivity contribution in [1.82, 2.24) is 20.9 Å². The first-order valence-corrected chi connectivity index (χ1v) is 8.39. The molecule has 1 aliphatic heterocycles. The third-order valence-electron chi connectivity index (χ3n) is 4.26. The van der Waals surface area contributed by atoms with Crippen molar-refractivity contribution in [3.05, 3.63) is 24.0 Å². The lowest BCUT2D eigenvalue weighted by atomic mass is 9.96. The molecule has 0 saturated carbocycles. The van der Waals surface area contributed by atoms with Gasteiger partial charge in [0.05, 0.1) is 13.2 Å². The number of hydrogen-bond donors (Lipinski definition) is 4. The van der Waals surface area contributed by atoms with Gasteiger partial charge in [-0.2, -0.15) is 0 Å². The van der Waals surface area contributed by atoms with E-state index in [1.807, 2.05) is 0 Å². The smallest absolute Gasteiger partial charge is 0.274 e. The summed E-state index contributed by atoms with van der Waals surface area (Å²) in [6.45, 7) is 5.65. The molecule has 142 valence electrons. The molecule has 26 heavy (non-hydrogen) atoms. The second-order valence-electron chi connectivity index (χ2n) is 6.41. The van der Waals surface area contributed by atoms with Crippen LogP contribution in [0.4, 0.5) is 0 Å². The van der Waals surface area contributed by atoms with E-state index in [-0.39, 0.29) is 29.2 Å². The van der Waals surface area contributed by atoms with Gasteiger partial charge in [-0.15, -0.1) is 0 Å². The molecule has 3 atom stereocenters. The van der Waals surface area contributed by atoms with E-state index in [2.05, 4.69) is 20.9 Å². The standard InChI is InChI=1S/C17H24N4O5/c1-9(10(2)20-17(25)15-13(23)5-4-6-18-15)19-16(24)14(21-11(3)22)12-7-26-8-12/h4-6,9-10,12,14,23H,7-8H2,1-3H3,(H,19,24)(H,20,25)(H,21,22). The molecule has 3 unspecified atom stereocenters. The monoisotopic (exact) mass is 364 g/mol. The van der Waals surface area contributed by atoms with Gasteiger partial charge in [-0.05, 0) is 26.0 Å². The zero-order valence-corrected chi connectivity index (χ0v) is 15.0. The number of aromatic hydroxyl groups is 1. The molecule has 0 aromatic carbocycles. The van der Waals surface area contributed by atoms with E-state index in [1.165, 1.54) is 25.3 Å². The molecule has 4 N–H and O–H groups in total. The fraction of sp³-hybridized carbons (Fsp3) is 0.529. The third-order valence-corrected chi connectivity index (χ3v) is 4.26. The molecule has 2 rings (SSSR count). The zero-order chi connectivity index (χ0) is 19.3. The summed E-state index contributed by atoms with van der Waals surface area (Å²) in [5.41, 5.74) is -0.0828. The van der Waals surface area contributed by atoms with Crippen LogP contribution in [-0.4, -0.2) is 59.2 Å². The van der Waals surface area contributed by atoms with Crippen molar-refractivity contribution in [2.45, 2.75) is 38.9 Å². The van der Waals surface area contributed by atoms with E-state index >= 15 is 0 Å². The van der Waals surface area contributed by atoms with Gasteiger partial charge in [-0.25, -0.2) is 4.98 Å². The minimum Gasteiger partial charge on any atom is -0.505 e. The summed E-state index contributed by atoms with van der Waals surface area (Å²) in [6.07, 6.45) is 1.41. The number of ether oxygens (including phenoxy) is 1. The highest BCUT2D eigenvalue weighted by Gasteiger charge is 2.35. The van der Waals surface area contributed by atoms with Gasteiger partial charge in [0.2, 0.25) is 11.8 Å². The van der Waals surface area contributed by atoms with Gasteiger partial charge >= 0.3 is 0 Å². The summed E-state index contributed by atoms with van der Waals surface area (Å²) in [4.78, 5) is 39.9. The average Bonchev–Trinajstić information content (AvgIpc) is 2.52. The number of pyridine rings is 1. The van der Waals surface area contributed by atoms with Crippen LogP contribution in [0.5, 0.6) is 5.75 Å². The lowest BCUT2D eigenvalue weighted by molar-refractivity contribution is -0.136. The normalized spacial score (nSPS) is 17.3. The summed E-state index contributed by atoms with van der Waals surface area (Å²) in [5, 5.41) is 17.8. The van der Waals surface area contributed by atoms with Crippen LogP contribution in [0.3, 0.4) is 0 Å². The molecule has 3 amide bonds. The van der Waals surface area contributed by atoms with Gasteiger partial charge in [0.15, 0.2) is 5.69 Å². The largest absolute Gasteiger partial charge is 0.505 e. The predicted octanol–water partition coefficient (Wildman–Crippen LogP) is -0.439. The van der Waals surface area contributed by atoms with E-state index in [9.17, 15) is 19.5 Å². The Morgan fingerprint density at radius 1 is 1.19 bits per heavy atom. The topological polar surface area (TPSA) is 130 Å². The van der Waals surface area contributed by atoms with Crippen molar-refractivity contribution >= 4 is 17.7 Å². The van der Waals surface area contributed by atoms with Gasteiger partial charge in [-0.3, -0.25) is 14.4 Å². The first kappa shape index (κ1) is 19.6. The molecule has 1 aromatic heterocycles. The second kappa shape index (κ2) is 8.61. The van der Waals surface area contributed by atoms with Crippen LogP contribution in [-0.2, 0) is 14.3 Å². The van der Waals surface area contributed by atoms with Crippen LogP contribution < -0.4 is 16.0 Å². The molecule has 0 spiro atoms. The maximum absolute atomic E-state index is 12.5. The quantitative estimate of drug-likeness (QED) is 0.519. The number of nitrogens with one attached hydrogen (secondary N) is 3.